The van der Waals surface area contributed by atoms with E-state index in [1.54, 1.807) is 30.5 Å². The van der Waals surface area contributed by atoms with Crippen LogP contribution in [0.5, 0.6) is 5.75 Å². The summed E-state index contributed by atoms with van der Waals surface area (Å²) >= 11 is 5.84. The quantitative estimate of drug-likeness (QED) is 0.604. The summed E-state index contributed by atoms with van der Waals surface area (Å²) < 4.78 is 10.9. The number of hydrogen-bond acceptors (Lipinski definition) is 4. The lowest BCUT2D eigenvalue weighted by atomic mass is 10.1. The van der Waals surface area contributed by atoms with E-state index in [2.05, 4.69) is 4.98 Å². The van der Waals surface area contributed by atoms with Crippen LogP contribution in [-0.2, 0) is 18.0 Å². The van der Waals surface area contributed by atoms with Gasteiger partial charge in [-0.2, -0.15) is 0 Å². The number of aromatic nitrogens is 1. The fourth-order valence-corrected chi connectivity index (χ4v) is 2.27. The van der Waals surface area contributed by atoms with E-state index in [1.807, 2.05) is 42.5 Å². The number of carbonyl (C=O) groups is 1. The standard InChI is InChI=1S/C20H16ClNO3/c21-17-8-10-19(11-9-17)24-13-15-4-6-16(7-5-15)20(23)25-14-18-3-1-2-12-22-18/h1-12H,13-14H2. The summed E-state index contributed by atoms with van der Waals surface area (Å²) in [4.78, 5) is 16.2. The molecule has 4 nitrogen and oxygen atoms in total. The van der Waals surface area contributed by atoms with Crippen molar-refractivity contribution in [2.24, 2.45) is 0 Å². The van der Waals surface area contributed by atoms with Crippen LogP contribution >= 0.6 is 11.6 Å². The molecule has 1 heterocycles. The summed E-state index contributed by atoms with van der Waals surface area (Å²) in [5.41, 5.74) is 2.16. The minimum Gasteiger partial charge on any atom is -0.489 e. The molecule has 3 aromatic rings. The van der Waals surface area contributed by atoms with E-state index in [0.717, 1.165) is 11.3 Å². The Morgan fingerprint density at radius 2 is 1.68 bits per heavy atom. The van der Waals surface area contributed by atoms with Crippen LogP contribution in [0.1, 0.15) is 21.6 Å². The summed E-state index contributed by atoms with van der Waals surface area (Å²) in [6, 6.07) is 19.8. The van der Waals surface area contributed by atoms with Crippen LogP contribution < -0.4 is 4.74 Å². The SMILES string of the molecule is O=C(OCc1ccccn1)c1ccc(COc2ccc(Cl)cc2)cc1. The molecule has 126 valence electrons. The highest BCUT2D eigenvalue weighted by atomic mass is 35.5. The van der Waals surface area contributed by atoms with Crippen LogP contribution in [0, 0.1) is 0 Å². The first kappa shape index (κ1) is 17.0. The largest absolute Gasteiger partial charge is 0.489 e. The maximum Gasteiger partial charge on any atom is 0.338 e. The van der Waals surface area contributed by atoms with Gasteiger partial charge in [-0.1, -0.05) is 29.8 Å². The van der Waals surface area contributed by atoms with Gasteiger partial charge >= 0.3 is 5.97 Å². The van der Waals surface area contributed by atoms with Gasteiger partial charge in [0.05, 0.1) is 11.3 Å². The molecular formula is C20H16ClNO3. The van der Waals surface area contributed by atoms with Crippen LogP contribution in [0.4, 0.5) is 0 Å². The highest BCUT2D eigenvalue weighted by Crippen LogP contribution is 2.17. The zero-order valence-electron chi connectivity index (χ0n) is 13.4. The lowest BCUT2D eigenvalue weighted by Gasteiger charge is -2.08. The Labute approximate surface area is 151 Å². The van der Waals surface area contributed by atoms with E-state index in [0.29, 0.717) is 22.9 Å². The molecule has 25 heavy (non-hydrogen) atoms. The number of rotatable bonds is 6. The molecule has 2 aromatic carbocycles. The molecule has 0 unspecified atom stereocenters. The summed E-state index contributed by atoms with van der Waals surface area (Å²) in [5, 5.41) is 0.668. The Bertz CT molecular complexity index is 818. The maximum atomic E-state index is 12.0. The number of benzene rings is 2. The second-order valence-electron chi connectivity index (χ2n) is 5.34. The minimum atomic E-state index is -0.379. The number of pyridine rings is 1. The number of halogens is 1. The molecule has 0 radical (unpaired) electrons. The fraction of sp³-hybridized carbons (Fsp3) is 0.100. The molecule has 3 rings (SSSR count). The third-order valence-electron chi connectivity index (χ3n) is 3.49. The Kier molecular flexibility index (Phi) is 5.65. The van der Waals surface area contributed by atoms with Crippen molar-refractivity contribution in [2.45, 2.75) is 13.2 Å². The Balaban J connectivity index is 1.52. The summed E-state index contributed by atoms with van der Waals surface area (Å²) in [7, 11) is 0. The number of carbonyl (C=O) groups excluding carboxylic acids is 1. The molecule has 0 saturated carbocycles. The summed E-state index contributed by atoms with van der Waals surface area (Å²) in [6.45, 7) is 0.562. The zero-order chi connectivity index (χ0) is 17.5. The molecule has 0 amide bonds. The Morgan fingerprint density at radius 1 is 0.920 bits per heavy atom. The third-order valence-corrected chi connectivity index (χ3v) is 3.74. The van der Waals surface area contributed by atoms with Gasteiger partial charge in [-0.05, 0) is 54.1 Å². The molecule has 0 spiro atoms. The van der Waals surface area contributed by atoms with Crippen molar-refractivity contribution >= 4 is 17.6 Å². The highest BCUT2D eigenvalue weighted by Gasteiger charge is 2.08. The number of nitrogens with zero attached hydrogens (tertiary/aromatic N) is 1. The van der Waals surface area contributed by atoms with E-state index >= 15 is 0 Å². The van der Waals surface area contributed by atoms with Gasteiger partial charge in [0.2, 0.25) is 0 Å². The van der Waals surface area contributed by atoms with Gasteiger partial charge < -0.3 is 9.47 Å². The lowest BCUT2D eigenvalue weighted by Crippen LogP contribution is -2.06. The van der Waals surface area contributed by atoms with Crippen LogP contribution in [0.2, 0.25) is 5.02 Å². The molecule has 0 aliphatic heterocycles. The van der Waals surface area contributed by atoms with Crippen molar-refractivity contribution < 1.29 is 14.3 Å². The van der Waals surface area contributed by atoms with Crippen LogP contribution in [0.25, 0.3) is 0 Å². The minimum absolute atomic E-state index is 0.154. The molecule has 0 atom stereocenters. The van der Waals surface area contributed by atoms with Gasteiger partial charge in [0, 0.05) is 11.2 Å². The van der Waals surface area contributed by atoms with E-state index in [4.69, 9.17) is 21.1 Å². The molecule has 0 N–H and O–H groups in total. The molecule has 0 bridgehead atoms. The Morgan fingerprint density at radius 3 is 2.36 bits per heavy atom. The first-order valence-electron chi connectivity index (χ1n) is 7.75. The van der Waals surface area contributed by atoms with Crippen LogP contribution in [0.15, 0.2) is 72.9 Å². The summed E-state index contributed by atoms with van der Waals surface area (Å²) in [6.07, 6.45) is 1.67. The number of esters is 1. The van der Waals surface area contributed by atoms with Gasteiger partial charge in [-0.25, -0.2) is 4.79 Å². The molecule has 5 heteroatoms. The predicted molar refractivity (Wildman–Crippen MR) is 95.6 cm³/mol. The molecule has 0 aliphatic rings. The maximum absolute atomic E-state index is 12.0. The van der Waals surface area contributed by atoms with Crippen molar-refractivity contribution in [3.05, 3.63) is 94.8 Å². The molecule has 0 saturated heterocycles. The Hall–Kier alpha value is -2.85. The average Bonchev–Trinajstić information content (AvgIpc) is 2.67. The first-order chi connectivity index (χ1) is 12.2. The third kappa shape index (κ3) is 5.06. The molecular weight excluding hydrogens is 338 g/mol. The average molecular weight is 354 g/mol. The van der Waals surface area contributed by atoms with Crippen molar-refractivity contribution in [1.29, 1.82) is 0 Å². The number of ether oxygens (including phenoxy) is 2. The number of hydrogen-bond donors (Lipinski definition) is 0. The molecule has 0 aliphatic carbocycles. The smallest absolute Gasteiger partial charge is 0.338 e. The monoisotopic (exact) mass is 353 g/mol. The van der Waals surface area contributed by atoms with E-state index in [-0.39, 0.29) is 12.6 Å². The van der Waals surface area contributed by atoms with Gasteiger partial charge in [-0.15, -0.1) is 0 Å². The highest BCUT2D eigenvalue weighted by molar-refractivity contribution is 6.30. The van der Waals surface area contributed by atoms with Crippen molar-refractivity contribution in [1.82, 2.24) is 4.98 Å². The lowest BCUT2D eigenvalue weighted by molar-refractivity contribution is 0.0467. The van der Waals surface area contributed by atoms with E-state index in [9.17, 15) is 4.79 Å². The van der Waals surface area contributed by atoms with Gasteiger partial charge in [0.25, 0.3) is 0 Å². The second-order valence-corrected chi connectivity index (χ2v) is 5.77. The topological polar surface area (TPSA) is 48.4 Å². The van der Waals surface area contributed by atoms with Crippen molar-refractivity contribution in [2.75, 3.05) is 0 Å². The van der Waals surface area contributed by atoms with Crippen molar-refractivity contribution in [3.63, 3.8) is 0 Å². The predicted octanol–water partition coefficient (Wildman–Crippen LogP) is 4.67. The molecule has 1 aromatic heterocycles. The van der Waals surface area contributed by atoms with E-state index < -0.39 is 0 Å². The van der Waals surface area contributed by atoms with Gasteiger partial charge in [0.15, 0.2) is 0 Å². The van der Waals surface area contributed by atoms with Crippen LogP contribution in [-0.4, -0.2) is 11.0 Å². The van der Waals surface area contributed by atoms with Crippen molar-refractivity contribution in [3.8, 4) is 5.75 Å². The van der Waals surface area contributed by atoms with E-state index in [1.165, 1.54) is 0 Å². The zero-order valence-corrected chi connectivity index (χ0v) is 14.1. The van der Waals surface area contributed by atoms with Gasteiger partial charge in [-0.3, -0.25) is 4.98 Å². The van der Waals surface area contributed by atoms with Gasteiger partial charge in [0.1, 0.15) is 19.0 Å². The second kappa shape index (κ2) is 8.31. The summed E-state index contributed by atoms with van der Waals surface area (Å²) in [5.74, 6) is 0.360. The van der Waals surface area contributed by atoms with Crippen LogP contribution in [0.3, 0.4) is 0 Å². The normalized spacial score (nSPS) is 10.3. The first-order valence-corrected chi connectivity index (χ1v) is 8.13. The fourth-order valence-electron chi connectivity index (χ4n) is 2.14. The molecule has 0 fully saturated rings.